The van der Waals surface area contributed by atoms with E-state index in [1.807, 2.05) is 0 Å². The maximum absolute atomic E-state index is 13.2. The number of sulfone groups is 1. The maximum Gasteiger partial charge on any atom is 0.416 e. The predicted octanol–water partition coefficient (Wildman–Crippen LogP) is 4.56. The minimum Gasteiger partial charge on any atom is -0.484 e. The third-order valence-corrected chi connectivity index (χ3v) is 5.52. The minimum absolute atomic E-state index is 0.0826. The van der Waals surface area contributed by atoms with E-state index in [9.17, 15) is 26.4 Å². The second-order valence-corrected chi connectivity index (χ2v) is 8.96. The molecule has 33 heavy (non-hydrogen) atoms. The molecule has 0 aromatic heterocycles. The third-order valence-electron chi connectivity index (χ3n) is 4.39. The minimum atomic E-state index is -4.59. The van der Waals surface area contributed by atoms with Crippen LogP contribution in [0.15, 0.2) is 88.9 Å². The molecule has 3 rings (SSSR count). The van der Waals surface area contributed by atoms with Crippen LogP contribution in [0.1, 0.15) is 11.1 Å². The van der Waals surface area contributed by atoms with Crippen molar-refractivity contribution in [3.05, 3.63) is 90.0 Å². The lowest BCUT2D eigenvalue weighted by Crippen LogP contribution is -2.31. The Kier molecular flexibility index (Phi) is 7.17. The van der Waals surface area contributed by atoms with Gasteiger partial charge in [0.15, 0.2) is 16.4 Å². The highest BCUT2D eigenvalue weighted by atomic mass is 32.2. The van der Waals surface area contributed by atoms with Gasteiger partial charge in [-0.25, -0.2) is 8.42 Å². The first-order chi connectivity index (χ1) is 15.5. The second-order valence-electron chi connectivity index (χ2n) is 6.94. The summed E-state index contributed by atoms with van der Waals surface area (Å²) in [6.45, 7) is -0.541. The number of nitrogens with zero attached hydrogens (tertiary/aromatic N) is 2. The normalized spacial score (nSPS) is 12.0. The van der Waals surface area contributed by atoms with Crippen LogP contribution in [0, 0.1) is 0 Å². The van der Waals surface area contributed by atoms with Gasteiger partial charge in [-0.1, -0.05) is 36.4 Å². The topological polar surface area (TPSA) is 76.0 Å². The number of rotatable bonds is 7. The number of anilines is 1. The van der Waals surface area contributed by atoms with Gasteiger partial charge in [0.2, 0.25) is 0 Å². The van der Waals surface area contributed by atoms with Gasteiger partial charge in [0.05, 0.1) is 22.4 Å². The van der Waals surface area contributed by atoms with Crippen LogP contribution in [0.25, 0.3) is 0 Å². The number of hydrogen-bond donors (Lipinski definition) is 0. The smallest absolute Gasteiger partial charge is 0.416 e. The van der Waals surface area contributed by atoms with Crippen molar-refractivity contribution < 1.29 is 31.1 Å². The molecule has 0 aliphatic carbocycles. The molecule has 0 N–H and O–H groups in total. The van der Waals surface area contributed by atoms with Crippen molar-refractivity contribution >= 4 is 27.6 Å². The fourth-order valence-electron chi connectivity index (χ4n) is 2.74. The van der Waals surface area contributed by atoms with Gasteiger partial charge in [-0.15, -0.1) is 0 Å². The van der Waals surface area contributed by atoms with Crippen molar-refractivity contribution in [3.63, 3.8) is 0 Å². The first-order valence-electron chi connectivity index (χ1n) is 9.56. The highest BCUT2D eigenvalue weighted by Crippen LogP contribution is 2.32. The summed E-state index contributed by atoms with van der Waals surface area (Å²) in [6, 6.07) is 18.4. The SMILES string of the molecule is CS(=O)(=O)c1ccc(OCC(=O)N(/N=C/c2ccccc2)c2cccc(C(F)(F)F)c2)cc1. The molecule has 0 bridgehead atoms. The lowest BCUT2D eigenvalue weighted by atomic mass is 10.2. The summed E-state index contributed by atoms with van der Waals surface area (Å²) in [6.07, 6.45) is -2.19. The predicted molar refractivity (Wildman–Crippen MR) is 118 cm³/mol. The number of carbonyl (C=O) groups excluding carboxylic acids is 1. The molecule has 1 amide bonds. The van der Waals surface area contributed by atoms with Gasteiger partial charge < -0.3 is 4.74 Å². The van der Waals surface area contributed by atoms with E-state index in [1.54, 1.807) is 30.3 Å². The number of alkyl halides is 3. The average molecular weight is 476 g/mol. The number of amides is 1. The fraction of sp³-hybridized carbons (Fsp3) is 0.130. The van der Waals surface area contributed by atoms with Crippen molar-refractivity contribution in [3.8, 4) is 5.75 Å². The Bertz CT molecular complexity index is 1240. The van der Waals surface area contributed by atoms with Gasteiger partial charge in [-0.2, -0.15) is 23.3 Å². The number of hydrazone groups is 1. The highest BCUT2D eigenvalue weighted by molar-refractivity contribution is 7.90. The van der Waals surface area contributed by atoms with E-state index >= 15 is 0 Å². The van der Waals surface area contributed by atoms with Crippen LogP contribution in [0.2, 0.25) is 0 Å². The summed E-state index contributed by atoms with van der Waals surface area (Å²) >= 11 is 0. The molecule has 6 nitrogen and oxygen atoms in total. The largest absolute Gasteiger partial charge is 0.484 e. The van der Waals surface area contributed by atoms with Crippen molar-refractivity contribution in [1.82, 2.24) is 0 Å². The van der Waals surface area contributed by atoms with Crippen molar-refractivity contribution in [2.24, 2.45) is 5.10 Å². The maximum atomic E-state index is 13.2. The average Bonchev–Trinajstić information content (AvgIpc) is 2.78. The molecule has 0 saturated heterocycles. The van der Waals surface area contributed by atoms with Crippen LogP contribution in [0.4, 0.5) is 18.9 Å². The number of ether oxygens (including phenoxy) is 1. The Morgan fingerprint density at radius 2 is 1.67 bits per heavy atom. The Labute approximate surface area is 188 Å². The van der Waals surface area contributed by atoms with Crippen molar-refractivity contribution in [2.45, 2.75) is 11.1 Å². The van der Waals surface area contributed by atoms with Crippen LogP contribution in [-0.4, -0.2) is 33.4 Å². The molecule has 3 aromatic carbocycles. The zero-order valence-corrected chi connectivity index (χ0v) is 18.2. The van der Waals surface area contributed by atoms with E-state index in [1.165, 1.54) is 42.6 Å². The van der Waals surface area contributed by atoms with E-state index in [2.05, 4.69) is 5.10 Å². The molecule has 3 aromatic rings. The monoisotopic (exact) mass is 476 g/mol. The summed E-state index contributed by atoms with van der Waals surface area (Å²) < 4.78 is 68.0. The van der Waals surface area contributed by atoms with Crippen LogP contribution >= 0.6 is 0 Å². The van der Waals surface area contributed by atoms with Gasteiger partial charge in [-0.05, 0) is 48.0 Å². The highest BCUT2D eigenvalue weighted by Gasteiger charge is 2.31. The molecule has 10 heteroatoms. The Morgan fingerprint density at radius 3 is 2.27 bits per heavy atom. The first kappa shape index (κ1) is 24.0. The lowest BCUT2D eigenvalue weighted by Gasteiger charge is -2.19. The zero-order valence-electron chi connectivity index (χ0n) is 17.4. The number of halogens is 3. The van der Waals surface area contributed by atoms with Crippen molar-refractivity contribution in [2.75, 3.05) is 17.9 Å². The molecule has 0 radical (unpaired) electrons. The van der Waals surface area contributed by atoms with Gasteiger partial charge in [0.25, 0.3) is 5.91 Å². The van der Waals surface area contributed by atoms with Gasteiger partial charge in [0, 0.05) is 6.26 Å². The summed E-state index contributed by atoms with van der Waals surface area (Å²) in [5, 5.41) is 4.90. The Hall–Kier alpha value is -3.66. The Balaban J connectivity index is 1.84. The molecule has 172 valence electrons. The summed E-state index contributed by atoms with van der Waals surface area (Å²) in [5.41, 5.74) is -0.373. The fourth-order valence-corrected chi connectivity index (χ4v) is 3.37. The zero-order chi connectivity index (χ0) is 24.1. The van der Waals surface area contributed by atoms with E-state index in [0.29, 0.717) is 5.56 Å². The molecular formula is C23H19F3N2O4S. The molecule has 0 unspecified atom stereocenters. The molecule has 0 spiro atoms. The van der Waals surface area contributed by atoms with Crippen LogP contribution in [0.3, 0.4) is 0 Å². The quantitative estimate of drug-likeness (QED) is 0.370. The number of hydrogen-bond acceptors (Lipinski definition) is 5. The molecular weight excluding hydrogens is 457 g/mol. The van der Waals surface area contributed by atoms with Crippen molar-refractivity contribution in [1.29, 1.82) is 0 Å². The molecule has 0 aliphatic heterocycles. The van der Waals surface area contributed by atoms with E-state index < -0.39 is 34.1 Å². The van der Waals surface area contributed by atoms with Gasteiger partial charge >= 0.3 is 6.18 Å². The molecule has 0 aliphatic rings. The van der Waals surface area contributed by atoms with Gasteiger partial charge in [-0.3, -0.25) is 4.79 Å². The van der Waals surface area contributed by atoms with Crippen LogP contribution in [0.5, 0.6) is 5.75 Å². The van der Waals surface area contributed by atoms with Crippen LogP contribution in [-0.2, 0) is 20.8 Å². The van der Waals surface area contributed by atoms with E-state index in [4.69, 9.17) is 4.74 Å². The second kappa shape index (κ2) is 9.86. The van der Waals surface area contributed by atoms with E-state index in [0.717, 1.165) is 23.4 Å². The van der Waals surface area contributed by atoms with E-state index in [-0.39, 0.29) is 16.3 Å². The molecule has 0 heterocycles. The van der Waals surface area contributed by atoms with Crippen LogP contribution < -0.4 is 9.75 Å². The lowest BCUT2D eigenvalue weighted by molar-refractivity contribution is -0.137. The standard InChI is InChI=1S/C23H19F3N2O4S/c1-33(30,31)21-12-10-20(11-13-21)32-16-22(29)28(27-15-17-6-3-2-4-7-17)19-9-5-8-18(14-19)23(24,25)26/h2-15H,16H2,1H3/b27-15+. The first-order valence-corrected chi connectivity index (χ1v) is 11.5. The Morgan fingerprint density at radius 1 is 1.00 bits per heavy atom. The summed E-state index contributed by atoms with van der Waals surface area (Å²) in [5.74, 6) is -0.513. The molecule has 0 saturated carbocycles. The molecule has 0 fully saturated rings. The third kappa shape index (κ3) is 6.66. The van der Waals surface area contributed by atoms with Gasteiger partial charge in [0.1, 0.15) is 5.75 Å². The summed E-state index contributed by atoms with van der Waals surface area (Å²) in [7, 11) is -3.39. The number of carbonyl (C=O) groups is 1. The summed E-state index contributed by atoms with van der Waals surface area (Å²) in [4.78, 5) is 12.9. The molecule has 0 atom stereocenters. The number of benzene rings is 3.